The smallest absolute Gasteiger partial charge is 0.322 e. The van der Waals surface area contributed by atoms with Crippen molar-refractivity contribution in [1.29, 1.82) is 0 Å². The van der Waals surface area contributed by atoms with Crippen molar-refractivity contribution in [1.82, 2.24) is 14.2 Å². The summed E-state index contributed by atoms with van der Waals surface area (Å²) in [6.07, 6.45) is 3.17. The molecule has 0 saturated carbocycles. The van der Waals surface area contributed by atoms with Gasteiger partial charge in [-0.05, 0) is 32.1 Å². The number of aryl methyl sites for hydroxylation is 1. The monoisotopic (exact) mass is 372 g/mol. The van der Waals surface area contributed by atoms with E-state index < -0.39 is 10.0 Å². The van der Waals surface area contributed by atoms with Crippen molar-refractivity contribution >= 4 is 32.5 Å². The van der Waals surface area contributed by atoms with E-state index in [4.69, 9.17) is 0 Å². The van der Waals surface area contributed by atoms with Gasteiger partial charge < -0.3 is 4.90 Å². The first kappa shape index (κ1) is 17.6. The van der Waals surface area contributed by atoms with Crippen molar-refractivity contribution in [3.05, 3.63) is 10.6 Å². The number of hydrogen-bond acceptors (Lipinski definition) is 5. The van der Waals surface area contributed by atoms with E-state index in [-0.39, 0.29) is 11.8 Å². The van der Waals surface area contributed by atoms with Crippen molar-refractivity contribution in [3.63, 3.8) is 0 Å². The van der Waals surface area contributed by atoms with Gasteiger partial charge in [0, 0.05) is 31.1 Å². The Morgan fingerprint density at radius 3 is 2.71 bits per heavy atom. The fourth-order valence-electron chi connectivity index (χ4n) is 3.12. The number of urea groups is 1. The summed E-state index contributed by atoms with van der Waals surface area (Å²) in [6.45, 7) is 5.41. The van der Waals surface area contributed by atoms with Gasteiger partial charge in [0.1, 0.15) is 0 Å². The molecule has 9 heteroatoms. The second kappa shape index (κ2) is 6.97. The van der Waals surface area contributed by atoms with Gasteiger partial charge in [-0.2, -0.15) is 4.31 Å². The number of carbonyl (C=O) groups excluding carboxylic acids is 1. The molecule has 0 bridgehead atoms. The summed E-state index contributed by atoms with van der Waals surface area (Å²) in [5.41, 5.74) is 1.12. The van der Waals surface area contributed by atoms with Crippen LogP contribution in [0.15, 0.2) is 0 Å². The summed E-state index contributed by atoms with van der Waals surface area (Å²) in [5, 5.41) is 3.53. The molecule has 2 heterocycles. The van der Waals surface area contributed by atoms with Crippen LogP contribution >= 0.6 is 11.3 Å². The molecule has 1 N–H and O–H groups in total. The second-order valence-electron chi connectivity index (χ2n) is 6.45. The minimum atomic E-state index is -3.17. The molecule has 2 aliphatic rings. The van der Waals surface area contributed by atoms with Crippen LogP contribution in [-0.2, 0) is 22.9 Å². The molecule has 3 rings (SSSR count). The Bertz CT molecular complexity index is 708. The Kier molecular flexibility index (Phi) is 5.12. The van der Waals surface area contributed by atoms with E-state index in [1.807, 2.05) is 0 Å². The Hall–Kier alpha value is -1.19. The Labute approximate surface area is 147 Å². The molecular weight excluding hydrogens is 348 g/mol. The average Bonchev–Trinajstić information content (AvgIpc) is 2.96. The Balaban J connectivity index is 1.57. The minimum Gasteiger partial charge on any atom is -0.322 e. The number of aromatic nitrogens is 1. The third-order valence-corrected chi connectivity index (χ3v) is 7.60. The summed E-state index contributed by atoms with van der Waals surface area (Å²) < 4.78 is 25.2. The molecule has 2 amide bonds. The van der Waals surface area contributed by atoms with E-state index in [1.54, 1.807) is 23.2 Å². The second-order valence-corrected chi connectivity index (χ2v) is 9.79. The number of thiazole rings is 1. The van der Waals surface area contributed by atoms with Crippen LogP contribution in [0.5, 0.6) is 0 Å². The fourth-order valence-corrected chi connectivity index (χ4v) is 5.36. The lowest BCUT2D eigenvalue weighted by atomic mass is 9.93. The SMILES string of the molecule is CCS(=O)(=O)N1CCN(C(=O)Nc2nc3c(s2)CC(C)CC3)CC1. The first-order chi connectivity index (χ1) is 11.4. The van der Waals surface area contributed by atoms with Crippen molar-refractivity contribution in [3.8, 4) is 0 Å². The number of sulfonamides is 1. The van der Waals surface area contributed by atoms with E-state index >= 15 is 0 Å². The van der Waals surface area contributed by atoms with Crippen LogP contribution in [0.3, 0.4) is 0 Å². The summed E-state index contributed by atoms with van der Waals surface area (Å²) in [7, 11) is -3.17. The van der Waals surface area contributed by atoms with Gasteiger partial charge in [-0.25, -0.2) is 18.2 Å². The number of nitrogens with one attached hydrogen (secondary N) is 1. The van der Waals surface area contributed by atoms with Crippen molar-refractivity contribution in [2.75, 3.05) is 37.2 Å². The van der Waals surface area contributed by atoms with E-state index in [0.29, 0.717) is 37.2 Å². The lowest BCUT2D eigenvalue weighted by molar-refractivity contribution is 0.184. The number of rotatable bonds is 3. The predicted molar refractivity (Wildman–Crippen MR) is 94.9 cm³/mol. The molecule has 1 aliphatic heterocycles. The van der Waals surface area contributed by atoms with Crippen molar-refractivity contribution < 1.29 is 13.2 Å². The van der Waals surface area contributed by atoms with E-state index in [1.165, 1.54) is 9.18 Å². The molecule has 1 atom stereocenters. The quantitative estimate of drug-likeness (QED) is 0.876. The zero-order valence-corrected chi connectivity index (χ0v) is 15.8. The van der Waals surface area contributed by atoms with Gasteiger partial charge in [-0.15, -0.1) is 11.3 Å². The van der Waals surface area contributed by atoms with Gasteiger partial charge in [-0.1, -0.05) is 6.92 Å². The third kappa shape index (κ3) is 3.73. The highest BCUT2D eigenvalue weighted by Crippen LogP contribution is 2.32. The number of anilines is 1. The standard InChI is InChI=1S/C15H24N4O3S2/c1-3-24(21,22)19-8-6-18(7-9-19)15(20)17-14-16-12-5-4-11(2)10-13(12)23-14/h11H,3-10H2,1-2H3,(H,16,17,20). The molecule has 1 aromatic rings. The highest BCUT2D eigenvalue weighted by atomic mass is 32.2. The molecule has 0 radical (unpaired) electrons. The van der Waals surface area contributed by atoms with Crippen LogP contribution in [0.25, 0.3) is 0 Å². The normalized spacial score (nSPS) is 22.2. The van der Waals surface area contributed by atoms with Gasteiger partial charge in [-0.3, -0.25) is 5.32 Å². The van der Waals surface area contributed by atoms with Crippen LogP contribution in [0, 0.1) is 5.92 Å². The fraction of sp³-hybridized carbons (Fsp3) is 0.733. The number of piperazine rings is 1. The van der Waals surface area contributed by atoms with Crippen LogP contribution in [0.1, 0.15) is 30.8 Å². The number of nitrogens with zero attached hydrogens (tertiary/aromatic N) is 3. The first-order valence-electron chi connectivity index (χ1n) is 8.41. The molecule has 0 spiro atoms. The molecule has 1 unspecified atom stereocenters. The van der Waals surface area contributed by atoms with E-state index in [2.05, 4.69) is 17.2 Å². The molecule has 1 aromatic heterocycles. The maximum Gasteiger partial charge on any atom is 0.323 e. The maximum absolute atomic E-state index is 12.4. The summed E-state index contributed by atoms with van der Waals surface area (Å²) >= 11 is 1.56. The molecular formula is C15H24N4O3S2. The molecule has 7 nitrogen and oxygen atoms in total. The minimum absolute atomic E-state index is 0.0995. The number of amides is 2. The average molecular weight is 373 g/mol. The maximum atomic E-state index is 12.4. The molecule has 1 aliphatic carbocycles. The number of fused-ring (bicyclic) bond motifs is 1. The van der Waals surface area contributed by atoms with Gasteiger partial charge in [0.15, 0.2) is 5.13 Å². The molecule has 1 fully saturated rings. The topological polar surface area (TPSA) is 82.6 Å². The van der Waals surface area contributed by atoms with Gasteiger partial charge in [0.2, 0.25) is 10.0 Å². The lowest BCUT2D eigenvalue weighted by Crippen LogP contribution is -2.51. The number of carbonyl (C=O) groups is 1. The van der Waals surface area contributed by atoms with Crippen LogP contribution in [0.4, 0.5) is 9.93 Å². The predicted octanol–water partition coefficient (Wildman–Crippen LogP) is 1.77. The number of hydrogen-bond donors (Lipinski definition) is 1. The highest BCUT2D eigenvalue weighted by Gasteiger charge is 2.28. The first-order valence-corrected chi connectivity index (χ1v) is 10.8. The van der Waals surface area contributed by atoms with Crippen molar-refractivity contribution in [2.24, 2.45) is 5.92 Å². The molecule has 24 heavy (non-hydrogen) atoms. The highest BCUT2D eigenvalue weighted by molar-refractivity contribution is 7.89. The summed E-state index contributed by atoms with van der Waals surface area (Å²) in [6, 6.07) is -0.192. The Morgan fingerprint density at radius 2 is 2.04 bits per heavy atom. The zero-order chi connectivity index (χ0) is 17.3. The molecule has 1 saturated heterocycles. The van der Waals surface area contributed by atoms with Crippen LogP contribution in [-0.4, -0.2) is 60.6 Å². The molecule has 134 valence electrons. The zero-order valence-electron chi connectivity index (χ0n) is 14.1. The third-order valence-electron chi connectivity index (χ3n) is 4.68. The Morgan fingerprint density at radius 1 is 1.33 bits per heavy atom. The van der Waals surface area contributed by atoms with Crippen molar-refractivity contribution in [2.45, 2.75) is 33.1 Å². The lowest BCUT2D eigenvalue weighted by Gasteiger charge is -2.33. The van der Waals surface area contributed by atoms with E-state index in [9.17, 15) is 13.2 Å². The molecule has 0 aromatic carbocycles. The van der Waals surface area contributed by atoms with Gasteiger partial charge >= 0.3 is 6.03 Å². The largest absolute Gasteiger partial charge is 0.323 e. The van der Waals surface area contributed by atoms with Gasteiger partial charge in [0.25, 0.3) is 0 Å². The van der Waals surface area contributed by atoms with Crippen LogP contribution in [0.2, 0.25) is 0 Å². The van der Waals surface area contributed by atoms with E-state index in [0.717, 1.165) is 25.0 Å². The van der Waals surface area contributed by atoms with Crippen LogP contribution < -0.4 is 5.32 Å². The summed E-state index contributed by atoms with van der Waals surface area (Å²) in [4.78, 5) is 19.9. The summed E-state index contributed by atoms with van der Waals surface area (Å²) in [5.74, 6) is 0.776. The van der Waals surface area contributed by atoms with Gasteiger partial charge in [0.05, 0.1) is 11.4 Å².